The van der Waals surface area contributed by atoms with E-state index in [-0.39, 0.29) is 23.4 Å². The molecule has 0 atom stereocenters. The number of amides is 1. The van der Waals surface area contributed by atoms with E-state index in [0.717, 1.165) is 10.2 Å². The van der Waals surface area contributed by atoms with Gasteiger partial charge in [-0.05, 0) is 30.7 Å². The monoisotopic (exact) mass is 413 g/mol. The lowest BCUT2D eigenvalue weighted by Gasteiger charge is -2.09. The second kappa shape index (κ2) is 8.70. The maximum absolute atomic E-state index is 12.6. The average molecular weight is 413 g/mol. The first-order valence-electron chi connectivity index (χ1n) is 8.73. The molecule has 9 heteroatoms. The molecule has 0 saturated carbocycles. The van der Waals surface area contributed by atoms with E-state index in [1.807, 2.05) is 12.1 Å². The Hall–Kier alpha value is -3.46. The van der Waals surface area contributed by atoms with Crippen molar-refractivity contribution < 1.29 is 19.1 Å². The van der Waals surface area contributed by atoms with Gasteiger partial charge in [0.25, 0.3) is 11.5 Å². The molecule has 150 valence electrons. The fourth-order valence-corrected chi connectivity index (χ4v) is 3.58. The lowest BCUT2D eigenvalue weighted by molar-refractivity contribution is 0.0529. The van der Waals surface area contributed by atoms with Crippen molar-refractivity contribution in [3.63, 3.8) is 0 Å². The molecule has 2 heterocycles. The van der Waals surface area contributed by atoms with Crippen molar-refractivity contribution in [2.75, 3.05) is 19.0 Å². The van der Waals surface area contributed by atoms with Crippen LogP contribution in [0.1, 0.15) is 27.8 Å². The molecule has 1 amide bonds. The molecule has 0 spiro atoms. The topological polar surface area (TPSA) is 99.5 Å². The molecule has 0 radical (unpaired) electrons. The number of nitrogens with one attached hydrogen (secondary N) is 1. The third-order valence-electron chi connectivity index (χ3n) is 4.09. The van der Waals surface area contributed by atoms with Gasteiger partial charge in [-0.3, -0.25) is 9.59 Å². The van der Waals surface area contributed by atoms with E-state index in [0.29, 0.717) is 16.3 Å². The van der Waals surface area contributed by atoms with Crippen LogP contribution in [0, 0.1) is 0 Å². The Bertz CT molecular complexity index is 1100. The number of methoxy groups -OCH3 is 1. The second-order valence-corrected chi connectivity index (χ2v) is 6.82. The maximum atomic E-state index is 12.6. The minimum atomic E-state index is -0.539. The van der Waals surface area contributed by atoms with Crippen molar-refractivity contribution in [3.8, 4) is 16.9 Å². The highest BCUT2D eigenvalue weighted by atomic mass is 32.1. The van der Waals surface area contributed by atoms with Crippen molar-refractivity contribution in [2.24, 2.45) is 7.05 Å². The average Bonchev–Trinajstić information content (AvgIpc) is 3.13. The smallest absolute Gasteiger partial charge is 0.341 e. The molecule has 0 bridgehead atoms. The summed E-state index contributed by atoms with van der Waals surface area (Å²) < 4.78 is 11.4. The van der Waals surface area contributed by atoms with E-state index < -0.39 is 11.9 Å². The molecule has 0 aliphatic carbocycles. The van der Waals surface area contributed by atoms with Crippen LogP contribution in [0.15, 0.2) is 46.6 Å². The van der Waals surface area contributed by atoms with Gasteiger partial charge in [-0.25, -0.2) is 9.48 Å². The molecule has 8 nitrogen and oxygen atoms in total. The first-order chi connectivity index (χ1) is 13.9. The number of hydrogen-bond acceptors (Lipinski definition) is 7. The van der Waals surface area contributed by atoms with Gasteiger partial charge in [-0.15, -0.1) is 11.3 Å². The molecule has 0 aliphatic heterocycles. The Morgan fingerprint density at radius 1 is 1.17 bits per heavy atom. The number of aryl methyl sites for hydroxylation is 1. The maximum Gasteiger partial charge on any atom is 0.341 e. The number of esters is 1. The Kier molecular flexibility index (Phi) is 6.08. The summed E-state index contributed by atoms with van der Waals surface area (Å²) in [6.07, 6.45) is 0. The van der Waals surface area contributed by atoms with Crippen LogP contribution in [0.5, 0.6) is 5.75 Å². The molecule has 29 heavy (non-hydrogen) atoms. The van der Waals surface area contributed by atoms with Gasteiger partial charge < -0.3 is 14.8 Å². The van der Waals surface area contributed by atoms with Gasteiger partial charge in [0.1, 0.15) is 22.0 Å². The highest BCUT2D eigenvalue weighted by Gasteiger charge is 2.23. The summed E-state index contributed by atoms with van der Waals surface area (Å²) in [5.74, 6) is -0.381. The molecule has 0 saturated heterocycles. The minimum Gasteiger partial charge on any atom is -0.497 e. The van der Waals surface area contributed by atoms with Crippen molar-refractivity contribution in [3.05, 3.63) is 63.4 Å². The zero-order chi connectivity index (χ0) is 21.0. The number of ether oxygens (including phenoxy) is 2. The summed E-state index contributed by atoms with van der Waals surface area (Å²) in [6.45, 7) is 1.91. The largest absolute Gasteiger partial charge is 0.497 e. The van der Waals surface area contributed by atoms with Crippen molar-refractivity contribution in [1.29, 1.82) is 0 Å². The molecule has 0 fully saturated rings. The third-order valence-corrected chi connectivity index (χ3v) is 4.99. The number of carbonyl (C=O) groups excluding carboxylic acids is 2. The number of carbonyl (C=O) groups is 2. The van der Waals surface area contributed by atoms with Crippen LogP contribution in [-0.4, -0.2) is 35.4 Å². The molecular weight excluding hydrogens is 394 g/mol. The Balaban J connectivity index is 1.98. The van der Waals surface area contributed by atoms with E-state index in [2.05, 4.69) is 10.4 Å². The van der Waals surface area contributed by atoms with E-state index in [1.165, 1.54) is 30.5 Å². The van der Waals surface area contributed by atoms with Crippen LogP contribution >= 0.6 is 11.3 Å². The number of thiophene rings is 1. The van der Waals surface area contributed by atoms with Crippen LogP contribution in [0.4, 0.5) is 5.00 Å². The first kappa shape index (κ1) is 20.3. The van der Waals surface area contributed by atoms with E-state index in [9.17, 15) is 14.4 Å². The quantitative estimate of drug-likeness (QED) is 0.624. The molecule has 3 aromatic rings. The number of nitrogens with zero attached hydrogens (tertiary/aromatic N) is 2. The van der Waals surface area contributed by atoms with E-state index in [1.54, 1.807) is 31.5 Å². The van der Waals surface area contributed by atoms with Gasteiger partial charge in [0.15, 0.2) is 0 Å². The molecular formula is C20H19N3O5S. The Morgan fingerprint density at radius 2 is 1.90 bits per heavy atom. The zero-order valence-corrected chi connectivity index (χ0v) is 16.9. The van der Waals surface area contributed by atoms with E-state index >= 15 is 0 Å². The Labute approximate surface area is 170 Å². The van der Waals surface area contributed by atoms with Crippen LogP contribution in [0.2, 0.25) is 0 Å². The van der Waals surface area contributed by atoms with Crippen LogP contribution in [0.3, 0.4) is 0 Å². The van der Waals surface area contributed by atoms with Crippen molar-refractivity contribution in [1.82, 2.24) is 9.78 Å². The van der Waals surface area contributed by atoms with Gasteiger partial charge in [-0.1, -0.05) is 12.1 Å². The van der Waals surface area contributed by atoms with Gasteiger partial charge in [0.05, 0.1) is 13.7 Å². The van der Waals surface area contributed by atoms with Crippen molar-refractivity contribution >= 4 is 28.2 Å². The van der Waals surface area contributed by atoms with E-state index in [4.69, 9.17) is 9.47 Å². The highest BCUT2D eigenvalue weighted by molar-refractivity contribution is 7.15. The third kappa shape index (κ3) is 4.35. The fourth-order valence-electron chi connectivity index (χ4n) is 2.63. The lowest BCUT2D eigenvalue weighted by Crippen LogP contribution is -2.24. The molecule has 0 aliphatic rings. The molecule has 1 N–H and O–H groups in total. The number of benzene rings is 1. The fraction of sp³-hybridized carbons (Fsp3) is 0.200. The standard InChI is InChI=1S/C20H19N3O5S/c1-4-28-20(26)17-14(12-5-7-13(27-3)8-6-12)11-29-19(17)21-18(25)15-9-10-16(24)23(2)22-15/h5-11H,4H2,1-3H3,(H,21,25). The minimum absolute atomic E-state index is 0.0568. The molecule has 0 unspecified atom stereocenters. The number of aromatic nitrogens is 2. The second-order valence-electron chi connectivity index (χ2n) is 5.94. The first-order valence-corrected chi connectivity index (χ1v) is 9.61. The molecule has 3 rings (SSSR count). The van der Waals surface area contributed by atoms with Gasteiger partial charge in [-0.2, -0.15) is 5.10 Å². The SMILES string of the molecule is CCOC(=O)c1c(-c2ccc(OC)cc2)csc1NC(=O)c1ccc(=O)n(C)n1. The van der Waals surface area contributed by atoms with Gasteiger partial charge >= 0.3 is 5.97 Å². The predicted molar refractivity (Wildman–Crippen MR) is 110 cm³/mol. The summed E-state index contributed by atoms with van der Waals surface area (Å²) >= 11 is 1.21. The van der Waals surface area contributed by atoms with Crippen molar-refractivity contribution in [2.45, 2.75) is 6.92 Å². The molecule has 2 aromatic heterocycles. The van der Waals surface area contributed by atoms with Crippen LogP contribution < -0.4 is 15.6 Å². The van der Waals surface area contributed by atoms with Gasteiger partial charge in [0.2, 0.25) is 0 Å². The highest BCUT2D eigenvalue weighted by Crippen LogP contribution is 2.37. The normalized spacial score (nSPS) is 10.4. The summed E-state index contributed by atoms with van der Waals surface area (Å²) in [5.41, 5.74) is 1.42. The number of rotatable bonds is 6. The van der Waals surface area contributed by atoms with Gasteiger partial charge in [0, 0.05) is 24.1 Å². The van der Waals surface area contributed by atoms with Crippen LogP contribution in [0.25, 0.3) is 11.1 Å². The van der Waals surface area contributed by atoms with Crippen LogP contribution in [-0.2, 0) is 11.8 Å². The summed E-state index contributed by atoms with van der Waals surface area (Å²) in [7, 11) is 3.03. The molecule has 1 aromatic carbocycles. The summed E-state index contributed by atoms with van der Waals surface area (Å²) in [6, 6.07) is 9.81. The Morgan fingerprint density at radius 3 is 2.52 bits per heavy atom. The number of anilines is 1. The lowest BCUT2D eigenvalue weighted by atomic mass is 10.0. The number of hydrogen-bond donors (Lipinski definition) is 1. The zero-order valence-electron chi connectivity index (χ0n) is 16.1. The summed E-state index contributed by atoms with van der Waals surface area (Å²) in [4.78, 5) is 36.7. The summed E-state index contributed by atoms with van der Waals surface area (Å²) in [5, 5.41) is 8.75. The predicted octanol–water partition coefficient (Wildman–Crippen LogP) is 2.95.